The third-order valence-electron chi connectivity index (χ3n) is 6.22. The lowest BCUT2D eigenvalue weighted by molar-refractivity contribution is 0.636. The van der Waals surface area contributed by atoms with Crippen molar-refractivity contribution in [3.05, 3.63) is 131 Å². The standard InChI is InChI=1S/C33H31F/c1-3-5-7-26-10-14-28(15-11-26)18-20-30-21-22-31-24-29(19-23-32(31)33(30)34)17-16-27-12-8-25(6-4-2)9-13-27/h3,8-15,19,21-24H,1,4-7,16-17H2,2H3. The summed E-state index contributed by atoms with van der Waals surface area (Å²) in [5, 5.41) is 1.55. The Kier molecular flexibility index (Phi) is 7.95. The second kappa shape index (κ2) is 11.5. The maximum atomic E-state index is 15.1. The molecule has 0 amide bonds. The van der Waals surface area contributed by atoms with Crippen LogP contribution in [0, 0.1) is 17.7 Å². The molecule has 0 spiro atoms. The first-order valence-electron chi connectivity index (χ1n) is 12.2. The van der Waals surface area contributed by atoms with Gasteiger partial charge in [-0.3, -0.25) is 0 Å². The molecule has 4 aromatic carbocycles. The van der Waals surface area contributed by atoms with E-state index >= 15 is 4.39 Å². The zero-order chi connectivity index (χ0) is 23.8. The second-order valence-electron chi connectivity index (χ2n) is 8.82. The molecule has 0 saturated heterocycles. The largest absolute Gasteiger partial charge is 0.205 e. The fourth-order valence-electron chi connectivity index (χ4n) is 4.21. The quantitative estimate of drug-likeness (QED) is 0.189. The van der Waals surface area contributed by atoms with Crippen LogP contribution in [0.1, 0.15) is 53.1 Å². The van der Waals surface area contributed by atoms with Crippen LogP contribution < -0.4 is 0 Å². The second-order valence-corrected chi connectivity index (χ2v) is 8.82. The summed E-state index contributed by atoms with van der Waals surface area (Å²) in [5.41, 5.74) is 6.53. The third-order valence-corrected chi connectivity index (χ3v) is 6.22. The van der Waals surface area contributed by atoms with Gasteiger partial charge in [0.15, 0.2) is 0 Å². The van der Waals surface area contributed by atoms with Crippen LogP contribution in [0.15, 0.2) is 91.5 Å². The summed E-state index contributed by atoms with van der Waals surface area (Å²) in [4.78, 5) is 0. The summed E-state index contributed by atoms with van der Waals surface area (Å²) in [6.07, 6.45) is 8.08. The lowest BCUT2D eigenvalue weighted by Crippen LogP contribution is -1.94. The van der Waals surface area contributed by atoms with Crippen molar-refractivity contribution in [1.29, 1.82) is 0 Å². The number of halogens is 1. The maximum absolute atomic E-state index is 15.1. The van der Waals surface area contributed by atoms with E-state index in [-0.39, 0.29) is 5.82 Å². The van der Waals surface area contributed by atoms with Crippen molar-refractivity contribution in [2.24, 2.45) is 0 Å². The van der Waals surface area contributed by atoms with Crippen molar-refractivity contribution in [1.82, 2.24) is 0 Å². The first-order valence-corrected chi connectivity index (χ1v) is 12.2. The summed E-state index contributed by atoms with van der Waals surface area (Å²) < 4.78 is 15.1. The normalized spacial score (nSPS) is 10.6. The highest BCUT2D eigenvalue weighted by molar-refractivity contribution is 5.85. The Bertz CT molecular complexity index is 1320. The van der Waals surface area contributed by atoms with Gasteiger partial charge in [-0.05, 0) is 77.9 Å². The summed E-state index contributed by atoms with van der Waals surface area (Å²) in [5.74, 6) is 5.87. The van der Waals surface area contributed by atoms with Crippen molar-refractivity contribution >= 4 is 10.8 Å². The molecule has 0 unspecified atom stereocenters. The van der Waals surface area contributed by atoms with Crippen LogP contribution in [-0.4, -0.2) is 0 Å². The number of benzene rings is 4. The van der Waals surface area contributed by atoms with E-state index in [1.165, 1.54) is 28.7 Å². The first kappa shape index (κ1) is 23.5. The molecular weight excluding hydrogens is 415 g/mol. The Morgan fingerprint density at radius 2 is 1.32 bits per heavy atom. The van der Waals surface area contributed by atoms with E-state index in [9.17, 15) is 0 Å². The molecular formula is C33H31F. The van der Waals surface area contributed by atoms with E-state index in [1.807, 2.05) is 36.4 Å². The van der Waals surface area contributed by atoms with Crippen LogP contribution in [0.3, 0.4) is 0 Å². The highest BCUT2D eigenvalue weighted by Crippen LogP contribution is 2.23. The topological polar surface area (TPSA) is 0 Å². The van der Waals surface area contributed by atoms with Crippen molar-refractivity contribution in [2.45, 2.75) is 45.4 Å². The molecule has 0 aliphatic heterocycles. The van der Waals surface area contributed by atoms with Gasteiger partial charge in [0.05, 0.1) is 5.56 Å². The van der Waals surface area contributed by atoms with Crippen LogP contribution in [0.2, 0.25) is 0 Å². The van der Waals surface area contributed by atoms with Gasteiger partial charge in [0.2, 0.25) is 0 Å². The molecule has 0 aliphatic carbocycles. The molecule has 0 N–H and O–H groups in total. The number of hydrogen-bond donors (Lipinski definition) is 0. The summed E-state index contributed by atoms with van der Waals surface area (Å²) in [6, 6.07) is 26.9. The van der Waals surface area contributed by atoms with Gasteiger partial charge in [-0.1, -0.05) is 91.9 Å². The van der Waals surface area contributed by atoms with Crippen LogP contribution in [-0.2, 0) is 25.7 Å². The number of allylic oxidation sites excluding steroid dienone is 1. The average molecular weight is 447 g/mol. The lowest BCUT2D eigenvalue weighted by atomic mass is 9.98. The summed E-state index contributed by atoms with van der Waals surface area (Å²) >= 11 is 0. The SMILES string of the molecule is C=CCCc1ccc(C#Cc2ccc3cc(CCc4ccc(CCC)cc4)ccc3c2F)cc1. The number of hydrogen-bond acceptors (Lipinski definition) is 0. The zero-order valence-electron chi connectivity index (χ0n) is 19.9. The number of fused-ring (bicyclic) bond motifs is 1. The summed E-state index contributed by atoms with van der Waals surface area (Å²) in [6.45, 7) is 5.97. The van der Waals surface area contributed by atoms with E-state index in [4.69, 9.17) is 0 Å². The predicted molar refractivity (Wildman–Crippen MR) is 143 cm³/mol. The lowest BCUT2D eigenvalue weighted by Gasteiger charge is -2.07. The number of rotatable bonds is 8. The van der Waals surface area contributed by atoms with Crippen LogP contribution in [0.4, 0.5) is 4.39 Å². The van der Waals surface area contributed by atoms with E-state index in [0.29, 0.717) is 10.9 Å². The minimum absolute atomic E-state index is 0.245. The molecule has 0 aromatic heterocycles. The Hall–Kier alpha value is -3.63. The molecule has 0 aliphatic rings. The molecule has 4 rings (SSSR count). The maximum Gasteiger partial charge on any atom is 0.146 e. The molecule has 1 heteroatoms. The molecule has 170 valence electrons. The first-order chi connectivity index (χ1) is 16.7. The van der Waals surface area contributed by atoms with Gasteiger partial charge in [0.1, 0.15) is 5.82 Å². The Morgan fingerprint density at radius 3 is 2.03 bits per heavy atom. The predicted octanol–water partition coefficient (Wildman–Crippen LogP) is 8.24. The van der Waals surface area contributed by atoms with Crippen LogP contribution >= 0.6 is 0 Å². The molecule has 0 saturated carbocycles. The number of aryl methyl sites for hydroxylation is 4. The highest BCUT2D eigenvalue weighted by Gasteiger charge is 2.07. The van der Waals surface area contributed by atoms with Gasteiger partial charge >= 0.3 is 0 Å². The van der Waals surface area contributed by atoms with Crippen LogP contribution in [0.5, 0.6) is 0 Å². The molecule has 0 heterocycles. The van der Waals surface area contributed by atoms with E-state index < -0.39 is 0 Å². The van der Waals surface area contributed by atoms with Gasteiger partial charge in [0, 0.05) is 10.9 Å². The smallest absolute Gasteiger partial charge is 0.146 e. The fourth-order valence-corrected chi connectivity index (χ4v) is 4.21. The molecule has 0 fully saturated rings. The van der Waals surface area contributed by atoms with Gasteiger partial charge in [-0.2, -0.15) is 0 Å². The van der Waals surface area contributed by atoms with E-state index in [1.54, 1.807) is 6.07 Å². The summed E-state index contributed by atoms with van der Waals surface area (Å²) in [7, 11) is 0. The molecule has 0 nitrogen and oxygen atoms in total. The average Bonchev–Trinajstić information content (AvgIpc) is 2.87. The molecule has 0 atom stereocenters. The third kappa shape index (κ3) is 6.03. The van der Waals surface area contributed by atoms with Crippen LogP contribution in [0.25, 0.3) is 10.8 Å². The highest BCUT2D eigenvalue weighted by atomic mass is 19.1. The molecule has 0 radical (unpaired) electrons. The molecule has 34 heavy (non-hydrogen) atoms. The van der Waals surface area contributed by atoms with Gasteiger partial charge in [0.25, 0.3) is 0 Å². The Balaban J connectivity index is 1.45. The molecule has 4 aromatic rings. The molecule has 0 bridgehead atoms. The monoisotopic (exact) mass is 446 g/mol. The van der Waals surface area contributed by atoms with Crippen molar-refractivity contribution < 1.29 is 4.39 Å². The van der Waals surface area contributed by atoms with Gasteiger partial charge < -0.3 is 0 Å². The zero-order valence-corrected chi connectivity index (χ0v) is 19.9. The van der Waals surface area contributed by atoms with Gasteiger partial charge in [-0.25, -0.2) is 4.39 Å². The fraction of sp³-hybridized carbons (Fsp3) is 0.212. The Labute approximate surface area is 203 Å². The van der Waals surface area contributed by atoms with Crippen molar-refractivity contribution in [2.75, 3.05) is 0 Å². The van der Waals surface area contributed by atoms with Crippen molar-refractivity contribution in [3.8, 4) is 11.8 Å². The van der Waals surface area contributed by atoms with Crippen molar-refractivity contribution in [3.63, 3.8) is 0 Å². The minimum Gasteiger partial charge on any atom is -0.205 e. The Morgan fingerprint density at radius 1 is 0.706 bits per heavy atom. The van der Waals surface area contributed by atoms with E-state index in [2.05, 4.69) is 67.8 Å². The minimum atomic E-state index is -0.245. The van der Waals surface area contributed by atoms with Gasteiger partial charge in [-0.15, -0.1) is 6.58 Å². The van der Waals surface area contributed by atoms with E-state index in [0.717, 1.165) is 43.1 Å².